The van der Waals surface area contributed by atoms with Crippen molar-refractivity contribution in [2.24, 2.45) is 5.92 Å². The van der Waals surface area contributed by atoms with E-state index in [4.69, 9.17) is 9.47 Å². The Morgan fingerprint density at radius 2 is 2.07 bits per heavy atom. The molecular weight excluding hydrogens is 342 g/mol. The molecule has 2 aromatic carbocycles. The summed E-state index contributed by atoms with van der Waals surface area (Å²) in [4.78, 5) is 12.9. The predicted octanol–water partition coefficient (Wildman–Crippen LogP) is 3.18. The zero-order valence-corrected chi connectivity index (χ0v) is 15.7. The Hall–Kier alpha value is -2.53. The Kier molecular flexibility index (Phi) is 4.79. The molecule has 142 valence electrons. The number of ether oxygens (including phenoxy) is 2. The van der Waals surface area contributed by atoms with E-state index in [0.717, 1.165) is 29.0 Å². The molecule has 0 unspecified atom stereocenters. The maximum atomic E-state index is 12.9. The molecule has 2 aliphatic rings. The van der Waals surface area contributed by atoms with Gasteiger partial charge in [0.25, 0.3) is 5.91 Å². The SMILES string of the molecule is COc1ccc(C(=O)N[C@H](c2ccc3c(c2)CCO3)C2CC(O)C2)cc1C. The minimum atomic E-state index is -0.268. The van der Waals surface area contributed by atoms with Crippen LogP contribution in [0.5, 0.6) is 11.5 Å². The molecule has 2 aromatic rings. The van der Waals surface area contributed by atoms with Crippen LogP contribution in [-0.4, -0.2) is 30.8 Å². The van der Waals surface area contributed by atoms with Gasteiger partial charge in [-0.1, -0.05) is 6.07 Å². The highest BCUT2D eigenvalue weighted by atomic mass is 16.5. The number of aliphatic hydroxyl groups excluding tert-OH is 1. The van der Waals surface area contributed by atoms with E-state index in [1.807, 2.05) is 31.2 Å². The van der Waals surface area contributed by atoms with Crippen LogP contribution in [0.25, 0.3) is 0 Å². The fourth-order valence-electron chi connectivity index (χ4n) is 4.02. The van der Waals surface area contributed by atoms with E-state index in [1.165, 1.54) is 5.56 Å². The van der Waals surface area contributed by atoms with Gasteiger partial charge in [-0.2, -0.15) is 0 Å². The summed E-state index contributed by atoms with van der Waals surface area (Å²) in [6.45, 7) is 2.64. The molecular formula is C22H25NO4. The van der Waals surface area contributed by atoms with Crippen molar-refractivity contribution in [2.75, 3.05) is 13.7 Å². The number of hydrogen-bond acceptors (Lipinski definition) is 4. The molecule has 0 spiro atoms. The van der Waals surface area contributed by atoms with Gasteiger partial charge in [-0.15, -0.1) is 0 Å². The molecule has 1 atom stereocenters. The number of amides is 1. The molecule has 4 rings (SSSR count). The van der Waals surface area contributed by atoms with Crippen molar-refractivity contribution in [2.45, 2.75) is 38.3 Å². The van der Waals surface area contributed by atoms with Crippen LogP contribution in [0.1, 0.15) is 45.9 Å². The molecule has 0 radical (unpaired) electrons. The third-order valence-corrected chi connectivity index (χ3v) is 5.64. The van der Waals surface area contributed by atoms with Crippen LogP contribution >= 0.6 is 0 Å². The largest absolute Gasteiger partial charge is 0.496 e. The lowest BCUT2D eigenvalue weighted by Gasteiger charge is -2.38. The van der Waals surface area contributed by atoms with E-state index in [0.29, 0.717) is 25.0 Å². The van der Waals surface area contributed by atoms with Crippen LogP contribution in [0.2, 0.25) is 0 Å². The molecule has 2 N–H and O–H groups in total. The molecule has 27 heavy (non-hydrogen) atoms. The Labute approximate surface area is 159 Å². The van der Waals surface area contributed by atoms with Crippen LogP contribution in [0.15, 0.2) is 36.4 Å². The smallest absolute Gasteiger partial charge is 0.251 e. The molecule has 1 heterocycles. The third kappa shape index (κ3) is 3.52. The van der Waals surface area contributed by atoms with Crippen molar-refractivity contribution in [1.29, 1.82) is 0 Å². The molecule has 5 nitrogen and oxygen atoms in total. The quantitative estimate of drug-likeness (QED) is 0.852. The first kappa shape index (κ1) is 17.9. The minimum absolute atomic E-state index is 0.108. The highest BCUT2D eigenvalue weighted by molar-refractivity contribution is 5.94. The van der Waals surface area contributed by atoms with E-state index in [1.54, 1.807) is 13.2 Å². The fourth-order valence-corrected chi connectivity index (χ4v) is 4.02. The van der Waals surface area contributed by atoms with E-state index in [2.05, 4.69) is 11.4 Å². The first-order valence-corrected chi connectivity index (χ1v) is 9.44. The van der Waals surface area contributed by atoms with Gasteiger partial charge in [0.05, 0.1) is 25.9 Å². The first-order chi connectivity index (χ1) is 13.0. The zero-order valence-electron chi connectivity index (χ0n) is 15.7. The molecule has 1 saturated carbocycles. The lowest BCUT2D eigenvalue weighted by atomic mass is 9.74. The summed E-state index contributed by atoms with van der Waals surface area (Å²) in [5, 5.41) is 13.0. The van der Waals surface area contributed by atoms with Crippen molar-refractivity contribution in [1.82, 2.24) is 5.32 Å². The zero-order chi connectivity index (χ0) is 19.0. The lowest BCUT2D eigenvalue weighted by molar-refractivity contribution is 0.0235. The highest BCUT2D eigenvalue weighted by Crippen LogP contribution is 2.40. The molecule has 0 bridgehead atoms. The molecule has 5 heteroatoms. The van der Waals surface area contributed by atoms with E-state index in [9.17, 15) is 9.90 Å². The van der Waals surface area contributed by atoms with Crippen molar-refractivity contribution < 1.29 is 19.4 Å². The number of nitrogens with one attached hydrogen (secondary N) is 1. The molecule has 1 aliphatic heterocycles. The van der Waals surface area contributed by atoms with Crippen LogP contribution in [0.3, 0.4) is 0 Å². The van der Waals surface area contributed by atoms with Gasteiger partial charge in [-0.3, -0.25) is 4.79 Å². The number of benzene rings is 2. The lowest BCUT2D eigenvalue weighted by Crippen LogP contribution is -2.41. The number of aryl methyl sites for hydroxylation is 1. The van der Waals surface area contributed by atoms with Crippen molar-refractivity contribution in [3.63, 3.8) is 0 Å². The van der Waals surface area contributed by atoms with Gasteiger partial charge < -0.3 is 19.9 Å². The third-order valence-electron chi connectivity index (χ3n) is 5.64. The molecule has 1 amide bonds. The minimum Gasteiger partial charge on any atom is -0.496 e. The monoisotopic (exact) mass is 367 g/mol. The van der Waals surface area contributed by atoms with Gasteiger partial charge in [0, 0.05) is 12.0 Å². The molecule has 1 aliphatic carbocycles. The van der Waals surface area contributed by atoms with Gasteiger partial charge in [0.15, 0.2) is 0 Å². The van der Waals surface area contributed by atoms with Crippen LogP contribution in [0.4, 0.5) is 0 Å². The average molecular weight is 367 g/mol. The highest BCUT2D eigenvalue weighted by Gasteiger charge is 2.36. The number of fused-ring (bicyclic) bond motifs is 1. The number of rotatable bonds is 5. The number of carbonyl (C=O) groups is 1. The Morgan fingerprint density at radius 1 is 1.26 bits per heavy atom. The Balaban J connectivity index is 1.58. The summed E-state index contributed by atoms with van der Waals surface area (Å²) in [6, 6.07) is 11.5. The van der Waals surface area contributed by atoms with Gasteiger partial charge in [-0.05, 0) is 72.7 Å². The number of methoxy groups -OCH3 is 1. The summed E-state index contributed by atoms with van der Waals surface area (Å²) in [7, 11) is 1.62. The van der Waals surface area contributed by atoms with Crippen molar-refractivity contribution in [3.05, 3.63) is 58.7 Å². The summed E-state index contributed by atoms with van der Waals surface area (Å²) >= 11 is 0. The van der Waals surface area contributed by atoms with Gasteiger partial charge >= 0.3 is 0 Å². The first-order valence-electron chi connectivity index (χ1n) is 9.44. The van der Waals surface area contributed by atoms with Gasteiger partial charge in [0.2, 0.25) is 0 Å². The molecule has 0 aromatic heterocycles. The van der Waals surface area contributed by atoms with Crippen LogP contribution in [0, 0.1) is 12.8 Å². The Morgan fingerprint density at radius 3 is 2.78 bits per heavy atom. The maximum absolute atomic E-state index is 12.9. The predicted molar refractivity (Wildman–Crippen MR) is 102 cm³/mol. The summed E-state index contributed by atoms with van der Waals surface area (Å²) in [5.41, 5.74) is 3.81. The van der Waals surface area contributed by atoms with Gasteiger partial charge in [-0.25, -0.2) is 0 Å². The second kappa shape index (κ2) is 7.24. The number of carbonyl (C=O) groups excluding carboxylic acids is 1. The molecule has 0 saturated heterocycles. The summed E-state index contributed by atoms with van der Waals surface area (Å²) < 4.78 is 10.9. The summed E-state index contributed by atoms with van der Waals surface area (Å²) in [6.07, 6.45) is 2.05. The molecule has 1 fully saturated rings. The second-order valence-electron chi connectivity index (χ2n) is 7.49. The second-order valence-corrected chi connectivity index (χ2v) is 7.49. The normalized spacial score (nSPS) is 21.6. The standard InChI is InChI=1S/C22H25NO4/c1-13-9-16(4-5-19(13)26-2)22(25)23-21(17-11-18(24)12-17)15-3-6-20-14(10-15)7-8-27-20/h3-6,9-10,17-18,21,24H,7-8,11-12H2,1-2H3,(H,23,25)/t17?,18?,21-/m1/s1. The van der Waals surface area contributed by atoms with Crippen LogP contribution < -0.4 is 14.8 Å². The van der Waals surface area contributed by atoms with Crippen molar-refractivity contribution in [3.8, 4) is 11.5 Å². The maximum Gasteiger partial charge on any atom is 0.251 e. The van der Waals surface area contributed by atoms with E-state index in [-0.39, 0.29) is 24.0 Å². The number of aliphatic hydroxyl groups is 1. The van der Waals surface area contributed by atoms with E-state index < -0.39 is 0 Å². The van der Waals surface area contributed by atoms with Gasteiger partial charge in [0.1, 0.15) is 11.5 Å². The van der Waals surface area contributed by atoms with E-state index >= 15 is 0 Å². The Bertz CT molecular complexity index is 857. The topological polar surface area (TPSA) is 67.8 Å². The summed E-state index contributed by atoms with van der Waals surface area (Å²) in [5.74, 6) is 1.83. The number of hydrogen-bond donors (Lipinski definition) is 2. The fraction of sp³-hybridized carbons (Fsp3) is 0.409. The average Bonchev–Trinajstić information content (AvgIpc) is 3.11. The van der Waals surface area contributed by atoms with Crippen molar-refractivity contribution >= 4 is 5.91 Å². The van der Waals surface area contributed by atoms with Crippen LogP contribution in [-0.2, 0) is 6.42 Å².